The summed E-state index contributed by atoms with van der Waals surface area (Å²) in [6, 6.07) is 3.89. The molecule has 1 aromatic carbocycles. The Morgan fingerprint density at radius 3 is 2.77 bits per heavy atom. The number of hydrogen-bond acceptors (Lipinski definition) is 3. The molecular weight excluding hydrogens is 173 g/mol. The summed E-state index contributed by atoms with van der Waals surface area (Å²) >= 11 is 0. The van der Waals surface area contributed by atoms with Crippen LogP contribution in [0.2, 0.25) is 0 Å². The van der Waals surface area contributed by atoms with Crippen LogP contribution in [0.3, 0.4) is 0 Å². The molecule has 0 atom stereocenters. The summed E-state index contributed by atoms with van der Waals surface area (Å²) in [7, 11) is 0. The third-order valence-electron chi connectivity index (χ3n) is 1.51. The highest BCUT2D eigenvalue weighted by Crippen LogP contribution is 2.21. The quantitative estimate of drug-likeness (QED) is 0.396. The minimum absolute atomic E-state index is 0.0162. The van der Waals surface area contributed by atoms with Crippen LogP contribution in [0.5, 0.6) is 0 Å². The molecule has 1 rings (SSSR count). The summed E-state index contributed by atoms with van der Waals surface area (Å²) in [5, 5.41) is 0. The van der Waals surface area contributed by atoms with Gasteiger partial charge in [-0.05, 0) is 19.1 Å². The van der Waals surface area contributed by atoms with Crippen LogP contribution in [0.4, 0.5) is 10.1 Å². The Morgan fingerprint density at radius 1 is 1.54 bits per heavy atom. The Balaban J connectivity index is 3.42. The van der Waals surface area contributed by atoms with Crippen molar-refractivity contribution >= 4 is 17.6 Å². The van der Waals surface area contributed by atoms with Crippen LogP contribution in [0.15, 0.2) is 23.2 Å². The van der Waals surface area contributed by atoms with Crippen LogP contribution in [0.1, 0.15) is 17.3 Å². The Hall–Kier alpha value is -1.80. The smallest absolute Gasteiger partial charge is 0.240 e. The van der Waals surface area contributed by atoms with Crippen LogP contribution in [0, 0.1) is 5.82 Å². The normalized spacial score (nSPS) is 9.08. The molecule has 1 aromatic rings. The molecule has 0 saturated carbocycles. The molecule has 0 spiro atoms. The Bertz CT molecular complexity index is 395. The van der Waals surface area contributed by atoms with Gasteiger partial charge in [-0.3, -0.25) is 4.79 Å². The van der Waals surface area contributed by atoms with Gasteiger partial charge in [0, 0.05) is 0 Å². The largest absolute Gasteiger partial charge is 0.294 e. The molecule has 0 N–H and O–H groups in total. The molecule has 0 amide bonds. The summed E-state index contributed by atoms with van der Waals surface area (Å²) in [6.07, 6.45) is 1.26. The standard InChI is InChI=1S/C9H6FNO2/c1-6(13)9-7(10)3-2-4-8(9)11-5-12/h2-4H,1H3. The Labute approximate surface area is 73.9 Å². The predicted octanol–water partition coefficient (Wildman–Crippen LogP) is 2.00. The van der Waals surface area contributed by atoms with Crippen LogP contribution in [-0.4, -0.2) is 11.9 Å². The topological polar surface area (TPSA) is 46.5 Å². The van der Waals surface area contributed by atoms with E-state index in [4.69, 9.17) is 0 Å². The van der Waals surface area contributed by atoms with Gasteiger partial charge in [-0.1, -0.05) is 6.07 Å². The Morgan fingerprint density at radius 2 is 2.23 bits per heavy atom. The van der Waals surface area contributed by atoms with Crippen LogP contribution >= 0.6 is 0 Å². The molecule has 0 aromatic heterocycles. The zero-order chi connectivity index (χ0) is 9.84. The molecule has 66 valence electrons. The highest BCUT2D eigenvalue weighted by molar-refractivity contribution is 5.99. The maximum Gasteiger partial charge on any atom is 0.240 e. The van der Waals surface area contributed by atoms with E-state index in [0.29, 0.717) is 0 Å². The average molecular weight is 179 g/mol. The van der Waals surface area contributed by atoms with Gasteiger partial charge in [0.1, 0.15) is 5.82 Å². The lowest BCUT2D eigenvalue weighted by atomic mass is 10.1. The summed E-state index contributed by atoms with van der Waals surface area (Å²) in [6.45, 7) is 1.21. The molecule has 0 fully saturated rings. The molecule has 0 unspecified atom stereocenters. The molecule has 0 bridgehead atoms. The van der Waals surface area contributed by atoms with Gasteiger partial charge >= 0.3 is 0 Å². The van der Waals surface area contributed by atoms with E-state index in [9.17, 15) is 14.0 Å². The van der Waals surface area contributed by atoms with E-state index in [1.807, 2.05) is 0 Å². The first kappa shape index (κ1) is 9.29. The predicted molar refractivity (Wildman–Crippen MR) is 44.2 cm³/mol. The number of aliphatic imine (C=N–C) groups is 1. The minimum Gasteiger partial charge on any atom is -0.294 e. The summed E-state index contributed by atoms with van der Waals surface area (Å²) in [4.78, 5) is 24.1. The molecular formula is C9H6FNO2. The number of carbonyl (C=O) groups is 1. The van der Waals surface area contributed by atoms with Crippen molar-refractivity contribution in [1.82, 2.24) is 0 Å². The number of hydrogen-bond donors (Lipinski definition) is 0. The molecule has 13 heavy (non-hydrogen) atoms. The van der Waals surface area contributed by atoms with Gasteiger partial charge in [0.15, 0.2) is 5.78 Å². The van der Waals surface area contributed by atoms with E-state index < -0.39 is 11.6 Å². The number of isocyanates is 1. The van der Waals surface area contributed by atoms with Gasteiger partial charge in [-0.15, -0.1) is 0 Å². The number of ketones is 1. The number of Topliss-reactive ketones (excluding diaryl/α,β-unsaturated/α-hetero) is 1. The summed E-state index contributed by atoms with van der Waals surface area (Å²) in [5.74, 6) is -1.14. The Kier molecular flexibility index (Phi) is 2.67. The third kappa shape index (κ3) is 1.86. The third-order valence-corrected chi connectivity index (χ3v) is 1.51. The first-order valence-corrected chi connectivity index (χ1v) is 3.54. The lowest BCUT2D eigenvalue weighted by Crippen LogP contribution is -1.96. The highest BCUT2D eigenvalue weighted by atomic mass is 19.1. The first-order chi connectivity index (χ1) is 6.16. The maximum absolute atomic E-state index is 13.0. The molecule has 0 aliphatic heterocycles. The van der Waals surface area contributed by atoms with Crippen molar-refractivity contribution in [1.29, 1.82) is 0 Å². The van der Waals surface area contributed by atoms with Crippen molar-refractivity contribution in [3.8, 4) is 0 Å². The van der Waals surface area contributed by atoms with Gasteiger partial charge in [0.2, 0.25) is 6.08 Å². The van der Waals surface area contributed by atoms with Crippen molar-refractivity contribution in [2.45, 2.75) is 6.92 Å². The fourth-order valence-electron chi connectivity index (χ4n) is 1.00. The van der Waals surface area contributed by atoms with Crippen molar-refractivity contribution in [2.24, 2.45) is 4.99 Å². The van der Waals surface area contributed by atoms with Crippen LogP contribution < -0.4 is 0 Å². The fourth-order valence-corrected chi connectivity index (χ4v) is 1.00. The monoisotopic (exact) mass is 179 g/mol. The van der Waals surface area contributed by atoms with Crippen molar-refractivity contribution < 1.29 is 14.0 Å². The average Bonchev–Trinajstić information content (AvgIpc) is 2.04. The molecule has 0 radical (unpaired) electrons. The lowest BCUT2D eigenvalue weighted by molar-refractivity contribution is 0.101. The van der Waals surface area contributed by atoms with E-state index in [-0.39, 0.29) is 11.3 Å². The van der Waals surface area contributed by atoms with Crippen LogP contribution in [0.25, 0.3) is 0 Å². The van der Waals surface area contributed by atoms with Crippen molar-refractivity contribution in [3.63, 3.8) is 0 Å². The number of benzene rings is 1. The maximum atomic E-state index is 13.0. The molecule has 4 heteroatoms. The molecule has 0 saturated heterocycles. The minimum atomic E-state index is -0.677. The van der Waals surface area contributed by atoms with Gasteiger partial charge in [0.25, 0.3) is 0 Å². The molecule has 0 aliphatic carbocycles. The number of halogens is 1. The van der Waals surface area contributed by atoms with E-state index in [2.05, 4.69) is 4.99 Å². The second-order valence-electron chi connectivity index (χ2n) is 2.39. The fraction of sp³-hybridized carbons (Fsp3) is 0.111. The van der Waals surface area contributed by atoms with Gasteiger partial charge in [-0.2, -0.15) is 4.99 Å². The van der Waals surface area contributed by atoms with Crippen molar-refractivity contribution in [3.05, 3.63) is 29.6 Å². The highest BCUT2D eigenvalue weighted by Gasteiger charge is 2.11. The zero-order valence-corrected chi connectivity index (χ0v) is 6.87. The zero-order valence-electron chi connectivity index (χ0n) is 6.87. The molecule has 0 aliphatic rings. The first-order valence-electron chi connectivity index (χ1n) is 3.54. The van der Waals surface area contributed by atoms with E-state index >= 15 is 0 Å². The second kappa shape index (κ2) is 3.74. The summed E-state index contributed by atoms with van der Waals surface area (Å²) < 4.78 is 13.0. The number of carbonyl (C=O) groups excluding carboxylic acids is 2. The lowest BCUT2D eigenvalue weighted by Gasteiger charge is -2.00. The van der Waals surface area contributed by atoms with Crippen LogP contribution in [-0.2, 0) is 4.79 Å². The van der Waals surface area contributed by atoms with Gasteiger partial charge < -0.3 is 0 Å². The number of nitrogens with zero attached hydrogens (tertiary/aromatic N) is 1. The van der Waals surface area contributed by atoms with Gasteiger partial charge in [0.05, 0.1) is 11.3 Å². The summed E-state index contributed by atoms with van der Waals surface area (Å²) in [5.41, 5.74) is -0.159. The number of rotatable bonds is 2. The van der Waals surface area contributed by atoms with E-state index in [1.54, 1.807) is 0 Å². The van der Waals surface area contributed by atoms with E-state index in [0.717, 1.165) is 6.07 Å². The van der Waals surface area contributed by atoms with Crippen molar-refractivity contribution in [2.75, 3.05) is 0 Å². The second-order valence-corrected chi connectivity index (χ2v) is 2.39. The van der Waals surface area contributed by atoms with E-state index in [1.165, 1.54) is 25.1 Å². The van der Waals surface area contributed by atoms with Gasteiger partial charge in [-0.25, -0.2) is 9.18 Å². The SMILES string of the molecule is CC(=O)c1c(F)cccc1N=C=O. The molecule has 0 heterocycles. The molecule has 3 nitrogen and oxygen atoms in total.